The highest BCUT2D eigenvalue weighted by molar-refractivity contribution is 7.88. The third kappa shape index (κ3) is 3.93. The summed E-state index contributed by atoms with van der Waals surface area (Å²) in [5, 5.41) is 0. The number of halogens is 6. The molecule has 0 aliphatic heterocycles. The fourth-order valence-electron chi connectivity index (χ4n) is 4.10. The lowest BCUT2D eigenvalue weighted by Crippen LogP contribution is -2.28. The van der Waals surface area contributed by atoms with E-state index in [9.17, 15) is 52.8 Å². The van der Waals surface area contributed by atoms with Gasteiger partial charge in [-0.15, -0.1) is 0 Å². The van der Waals surface area contributed by atoms with Gasteiger partial charge in [-0.1, -0.05) is 0 Å². The number of ketones is 2. The van der Waals surface area contributed by atoms with Crippen molar-refractivity contribution in [2.75, 3.05) is 0 Å². The maximum absolute atomic E-state index is 12.7. The summed E-state index contributed by atoms with van der Waals surface area (Å²) in [6.07, 6.45) is -0.905. The molecular weight excluding hydrogens is 534 g/mol. The van der Waals surface area contributed by atoms with E-state index in [-0.39, 0.29) is 22.3 Å². The summed E-state index contributed by atoms with van der Waals surface area (Å²) in [5.74, 6) is -2.86. The molecule has 2 aliphatic rings. The maximum Gasteiger partial charge on any atom is 0.534 e. The molecule has 0 aromatic heterocycles. The molecule has 0 radical (unpaired) electrons. The van der Waals surface area contributed by atoms with Crippen LogP contribution in [0.25, 0.3) is 0 Å². The van der Waals surface area contributed by atoms with Crippen LogP contribution in [-0.2, 0) is 25.7 Å². The first kappa shape index (κ1) is 25.0. The molecule has 0 unspecified atom stereocenters. The fourth-order valence-corrected chi connectivity index (χ4v) is 5.01. The van der Waals surface area contributed by atoms with Crippen molar-refractivity contribution in [3.8, 4) is 11.5 Å². The zero-order valence-electron chi connectivity index (χ0n) is 16.7. The molecule has 0 heterocycles. The first-order chi connectivity index (χ1) is 15.9. The molecular formula is C19H10F6O8S2. The first-order valence-electron chi connectivity index (χ1n) is 9.25. The Labute approximate surface area is 192 Å². The van der Waals surface area contributed by atoms with Crippen molar-refractivity contribution in [1.82, 2.24) is 0 Å². The highest BCUT2D eigenvalue weighted by Gasteiger charge is 2.53. The largest absolute Gasteiger partial charge is 0.534 e. The summed E-state index contributed by atoms with van der Waals surface area (Å²) in [5.41, 5.74) is -13.5. The smallest absolute Gasteiger partial charge is 0.376 e. The number of carbonyl (C=O) groups is 2. The van der Waals surface area contributed by atoms with Gasteiger partial charge in [-0.25, -0.2) is 0 Å². The summed E-state index contributed by atoms with van der Waals surface area (Å²) in [6.45, 7) is 0. The second kappa shape index (κ2) is 7.43. The molecule has 1 spiro atoms. The third-order valence-electron chi connectivity index (χ3n) is 5.52. The van der Waals surface area contributed by atoms with E-state index in [0.29, 0.717) is 0 Å². The fraction of sp³-hybridized carbons (Fsp3) is 0.263. The Bertz CT molecular complexity index is 1380. The molecule has 0 fully saturated rings. The SMILES string of the molecule is O=C1CC2(CC(=O)c3ccc(OS(=O)(=O)C(F)(F)F)cc32)c2cc(OS(=O)(=O)C(F)(F)F)ccc21. The second-order valence-electron chi connectivity index (χ2n) is 7.66. The van der Waals surface area contributed by atoms with Crippen LogP contribution in [0.3, 0.4) is 0 Å². The van der Waals surface area contributed by atoms with E-state index in [4.69, 9.17) is 0 Å². The van der Waals surface area contributed by atoms with Gasteiger partial charge in [0.05, 0.1) is 0 Å². The lowest BCUT2D eigenvalue weighted by Gasteiger charge is -2.25. The number of fused-ring (bicyclic) bond motifs is 4. The van der Waals surface area contributed by atoms with Gasteiger partial charge in [0.1, 0.15) is 11.5 Å². The Balaban J connectivity index is 1.83. The van der Waals surface area contributed by atoms with Crippen LogP contribution in [0.4, 0.5) is 26.3 Å². The average molecular weight is 544 g/mol. The lowest BCUT2D eigenvalue weighted by atomic mass is 9.76. The molecule has 0 atom stereocenters. The molecule has 0 saturated heterocycles. The van der Waals surface area contributed by atoms with E-state index in [1.807, 2.05) is 0 Å². The van der Waals surface area contributed by atoms with Gasteiger partial charge in [0.25, 0.3) is 0 Å². The van der Waals surface area contributed by atoms with Gasteiger partial charge in [0, 0.05) is 29.4 Å². The van der Waals surface area contributed by atoms with Gasteiger partial charge in [-0.2, -0.15) is 43.2 Å². The van der Waals surface area contributed by atoms with Crippen molar-refractivity contribution in [2.24, 2.45) is 0 Å². The number of hydrogen-bond donors (Lipinski definition) is 0. The minimum atomic E-state index is -6.07. The van der Waals surface area contributed by atoms with Gasteiger partial charge in [-0.3, -0.25) is 9.59 Å². The summed E-state index contributed by atoms with van der Waals surface area (Å²) in [4.78, 5) is 25.2. The van der Waals surface area contributed by atoms with E-state index >= 15 is 0 Å². The van der Waals surface area contributed by atoms with Gasteiger partial charge in [0.2, 0.25) is 0 Å². The molecule has 0 bridgehead atoms. The van der Waals surface area contributed by atoms with Crippen LogP contribution in [0.1, 0.15) is 44.7 Å². The molecule has 2 aromatic rings. The van der Waals surface area contributed by atoms with Crippen molar-refractivity contribution < 1.29 is 61.1 Å². The minimum absolute atomic E-state index is 0.0864. The number of hydrogen-bond acceptors (Lipinski definition) is 8. The van der Waals surface area contributed by atoms with E-state index < -0.39 is 72.6 Å². The topological polar surface area (TPSA) is 121 Å². The van der Waals surface area contributed by atoms with Gasteiger partial charge >= 0.3 is 31.3 Å². The van der Waals surface area contributed by atoms with Gasteiger partial charge in [0.15, 0.2) is 11.6 Å². The number of alkyl halides is 6. The molecule has 188 valence electrons. The van der Waals surface area contributed by atoms with Crippen LogP contribution >= 0.6 is 0 Å². The number of rotatable bonds is 4. The molecule has 2 aliphatic carbocycles. The monoisotopic (exact) mass is 544 g/mol. The molecule has 8 nitrogen and oxygen atoms in total. The van der Waals surface area contributed by atoms with Crippen LogP contribution < -0.4 is 8.37 Å². The van der Waals surface area contributed by atoms with E-state index in [1.165, 1.54) is 0 Å². The molecule has 0 amide bonds. The van der Waals surface area contributed by atoms with Crippen LogP contribution in [0, 0.1) is 0 Å². The lowest BCUT2D eigenvalue weighted by molar-refractivity contribution is -0.0504. The zero-order chi connectivity index (χ0) is 26.2. The second-order valence-corrected chi connectivity index (χ2v) is 10.7. The Morgan fingerprint density at radius 3 is 1.31 bits per heavy atom. The van der Waals surface area contributed by atoms with Gasteiger partial charge < -0.3 is 8.37 Å². The zero-order valence-corrected chi connectivity index (χ0v) is 18.4. The normalized spacial score (nSPS) is 17.4. The number of carbonyl (C=O) groups excluding carboxylic acids is 2. The number of benzene rings is 2. The van der Waals surface area contributed by atoms with Crippen LogP contribution in [-0.4, -0.2) is 39.4 Å². The summed E-state index contributed by atoms with van der Waals surface area (Å²) >= 11 is 0. The van der Waals surface area contributed by atoms with Gasteiger partial charge in [-0.05, 0) is 47.5 Å². The van der Waals surface area contributed by atoms with E-state index in [0.717, 1.165) is 36.4 Å². The summed E-state index contributed by atoms with van der Waals surface area (Å²) in [7, 11) is -12.1. The molecule has 0 saturated carbocycles. The highest BCUT2D eigenvalue weighted by atomic mass is 32.2. The van der Waals surface area contributed by atoms with Crippen molar-refractivity contribution >= 4 is 31.8 Å². The first-order valence-corrected chi connectivity index (χ1v) is 12.1. The molecule has 4 rings (SSSR count). The molecule has 35 heavy (non-hydrogen) atoms. The Kier molecular flexibility index (Phi) is 5.30. The van der Waals surface area contributed by atoms with E-state index in [2.05, 4.69) is 8.37 Å². The Morgan fingerprint density at radius 2 is 1.00 bits per heavy atom. The Hall–Kier alpha value is -3.14. The van der Waals surface area contributed by atoms with E-state index in [1.54, 1.807) is 0 Å². The quantitative estimate of drug-likeness (QED) is 0.325. The summed E-state index contributed by atoms with van der Waals surface area (Å²) in [6, 6.07) is 5.20. The molecule has 2 aromatic carbocycles. The van der Waals surface area contributed by atoms with Crippen LogP contribution in [0.2, 0.25) is 0 Å². The minimum Gasteiger partial charge on any atom is -0.376 e. The predicted molar refractivity (Wildman–Crippen MR) is 103 cm³/mol. The van der Waals surface area contributed by atoms with Crippen molar-refractivity contribution in [3.63, 3.8) is 0 Å². The summed E-state index contributed by atoms with van der Waals surface area (Å²) < 4.78 is 130. The van der Waals surface area contributed by atoms with Crippen LogP contribution in [0.5, 0.6) is 11.5 Å². The third-order valence-corrected chi connectivity index (χ3v) is 7.48. The van der Waals surface area contributed by atoms with Crippen LogP contribution in [0.15, 0.2) is 36.4 Å². The van der Waals surface area contributed by atoms with Crippen molar-refractivity contribution in [3.05, 3.63) is 58.7 Å². The highest BCUT2D eigenvalue weighted by Crippen LogP contribution is 2.53. The van der Waals surface area contributed by atoms with Crippen molar-refractivity contribution in [1.29, 1.82) is 0 Å². The standard InChI is InChI=1S/C19H10F6O8S2/c20-18(21,22)34(28,29)32-9-1-3-11-13(5-9)17(7-15(11)26)8-16(27)12-4-2-10(6-14(12)17)33-35(30,31)19(23,24)25/h1-6H,7-8H2. The Morgan fingerprint density at radius 1 is 0.657 bits per heavy atom. The predicted octanol–water partition coefficient (Wildman–Crippen LogP) is 3.60. The number of Topliss-reactive ketones (excluding diaryl/α,β-unsaturated/α-hetero) is 2. The molecule has 16 heteroatoms. The van der Waals surface area contributed by atoms with Crippen molar-refractivity contribution in [2.45, 2.75) is 29.3 Å². The maximum atomic E-state index is 12.7. The molecule has 0 N–H and O–H groups in total. The average Bonchev–Trinajstić information content (AvgIpc) is 3.13.